The monoisotopic (exact) mass is 155 g/mol. The normalized spacial score (nSPS) is 36.0. The summed E-state index contributed by atoms with van der Waals surface area (Å²) in [5.41, 5.74) is 0.269. The molecular weight excluding hydrogens is 138 g/mol. The lowest BCUT2D eigenvalue weighted by Gasteiger charge is -2.27. The molecule has 0 bridgehead atoms. The molecular formula is C9H17NO. The van der Waals surface area contributed by atoms with Crippen LogP contribution in [0.1, 0.15) is 25.7 Å². The molecule has 1 aliphatic heterocycles. The molecule has 0 amide bonds. The van der Waals surface area contributed by atoms with Gasteiger partial charge in [-0.25, -0.2) is 0 Å². The third-order valence-electron chi connectivity index (χ3n) is 3.28. The number of likely N-dealkylation sites (N-methyl/N-ethyl adjacent to an activating group) is 1. The molecule has 0 radical (unpaired) electrons. The molecule has 0 spiro atoms. The Hall–Kier alpha value is -0.0800. The lowest BCUT2D eigenvalue weighted by Crippen LogP contribution is -2.39. The smallest absolute Gasteiger partial charge is 0.0835 e. The predicted molar refractivity (Wildman–Crippen MR) is 44.6 cm³/mol. The molecule has 0 aromatic rings. The fourth-order valence-corrected chi connectivity index (χ4v) is 2.37. The van der Waals surface area contributed by atoms with E-state index in [1.54, 1.807) is 0 Å². The fourth-order valence-electron chi connectivity index (χ4n) is 2.37. The van der Waals surface area contributed by atoms with Gasteiger partial charge in [0, 0.05) is 13.2 Å². The Morgan fingerprint density at radius 3 is 2.55 bits per heavy atom. The maximum absolute atomic E-state index is 5.56. The van der Waals surface area contributed by atoms with Crippen LogP contribution < -0.4 is 0 Å². The van der Waals surface area contributed by atoms with Gasteiger partial charge in [-0.15, -0.1) is 0 Å². The Morgan fingerprint density at radius 1 is 1.45 bits per heavy atom. The van der Waals surface area contributed by atoms with Crippen LogP contribution in [0.4, 0.5) is 0 Å². The first-order valence-corrected chi connectivity index (χ1v) is 4.54. The summed E-state index contributed by atoms with van der Waals surface area (Å²) >= 11 is 0. The van der Waals surface area contributed by atoms with Crippen molar-refractivity contribution in [2.24, 2.45) is 0 Å². The molecule has 1 heterocycles. The Bertz CT molecular complexity index is 154. The summed E-state index contributed by atoms with van der Waals surface area (Å²) in [4.78, 5) is 2.45. The Kier molecular flexibility index (Phi) is 1.69. The lowest BCUT2D eigenvalue weighted by atomic mass is 10.1. The van der Waals surface area contributed by atoms with Gasteiger partial charge in [0.05, 0.1) is 5.60 Å². The van der Waals surface area contributed by atoms with Gasteiger partial charge in [0.15, 0.2) is 0 Å². The van der Waals surface area contributed by atoms with Crippen molar-refractivity contribution in [3.8, 4) is 0 Å². The molecule has 0 aromatic heterocycles. The standard InChI is InChI=1S/C9H17NO/c1-10-7-3-4-8(10)9(11-2)5-6-9/h8H,3-7H2,1-2H3/t8-/m1/s1. The van der Waals surface area contributed by atoms with Gasteiger partial charge in [0.2, 0.25) is 0 Å². The van der Waals surface area contributed by atoms with E-state index in [0.29, 0.717) is 6.04 Å². The molecule has 11 heavy (non-hydrogen) atoms. The van der Waals surface area contributed by atoms with Crippen molar-refractivity contribution in [1.29, 1.82) is 0 Å². The summed E-state index contributed by atoms with van der Waals surface area (Å²) in [5, 5.41) is 0. The SMILES string of the molecule is COC1([C@H]2CCCN2C)CC1. The van der Waals surface area contributed by atoms with Crippen LogP contribution in [0.25, 0.3) is 0 Å². The molecule has 0 aromatic carbocycles. The first-order valence-electron chi connectivity index (χ1n) is 4.54. The van der Waals surface area contributed by atoms with Crippen LogP contribution in [0.2, 0.25) is 0 Å². The summed E-state index contributed by atoms with van der Waals surface area (Å²) in [7, 11) is 4.08. The van der Waals surface area contributed by atoms with Crippen molar-refractivity contribution in [1.82, 2.24) is 4.90 Å². The van der Waals surface area contributed by atoms with Crippen LogP contribution in [0.5, 0.6) is 0 Å². The van der Waals surface area contributed by atoms with Crippen molar-refractivity contribution in [2.45, 2.75) is 37.3 Å². The summed E-state index contributed by atoms with van der Waals surface area (Å²) in [6.45, 7) is 1.26. The summed E-state index contributed by atoms with van der Waals surface area (Å²) in [6.07, 6.45) is 5.24. The Morgan fingerprint density at radius 2 is 2.18 bits per heavy atom. The van der Waals surface area contributed by atoms with E-state index in [0.717, 1.165) is 0 Å². The molecule has 1 atom stereocenters. The highest BCUT2D eigenvalue weighted by Crippen LogP contribution is 2.46. The summed E-state index contributed by atoms with van der Waals surface area (Å²) < 4.78 is 5.56. The second kappa shape index (κ2) is 2.46. The minimum absolute atomic E-state index is 0.269. The maximum atomic E-state index is 5.56. The third-order valence-corrected chi connectivity index (χ3v) is 3.28. The average molecular weight is 155 g/mol. The van der Waals surface area contributed by atoms with E-state index in [1.807, 2.05) is 7.11 Å². The highest BCUT2D eigenvalue weighted by atomic mass is 16.5. The highest BCUT2D eigenvalue weighted by Gasteiger charge is 2.52. The zero-order chi connectivity index (χ0) is 7.90. The number of hydrogen-bond donors (Lipinski definition) is 0. The van der Waals surface area contributed by atoms with Gasteiger partial charge in [-0.05, 0) is 39.3 Å². The predicted octanol–water partition coefficient (Wildman–Crippen LogP) is 1.26. The maximum Gasteiger partial charge on any atom is 0.0835 e. The molecule has 1 saturated heterocycles. The van der Waals surface area contributed by atoms with Crippen LogP contribution in [0.15, 0.2) is 0 Å². The molecule has 2 aliphatic rings. The van der Waals surface area contributed by atoms with E-state index in [9.17, 15) is 0 Å². The molecule has 1 aliphatic carbocycles. The van der Waals surface area contributed by atoms with Gasteiger partial charge in [-0.2, -0.15) is 0 Å². The molecule has 0 unspecified atom stereocenters. The van der Waals surface area contributed by atoms with E-state index < -0.39 is 0 Å². The largest absolute Gasteiger partial charge is 0.377 e. The molecule has 0 N–H and O–H groups in total. The van der Waals surface area contributed by atoms with Crippen LogP contribution in [-0.4, -0.2) is 37.2 Å². The molecule has 64 valence electrons. The Balaban J connectivity index is 2.03. The second-order valence-electron chi connectivity index (χ2n) is 3.91. The topological polar surface area (TPSA) is 12.5 Å². The number of likely N-dealkylation sites (tertiary alicyclic amines) is 1. The van der Waals surface area contributed by atoms with Gasteiger partial charge >= 0.3 is 0 Å². The van der Waals surface area contributed by atoms with Crippen molar-refractivity contribution in [3.63, 3.8) is 0 Å². The highest BCUT2D eigenvalue weighted by molar-refractivity contribution is 5.06. The van der Waals surface area contributed by atoms with Crippen LogP contribution >= 0.6 is 0 Å². The third kappa shape index (κ3) is 1.09. The van der Waals surface area contributed by atoms with E-state index in [2.05, 4.69) is 11.9 Å². The molecule has 2 heteroatoms. The van der Waals surface area contributed by atoms with Crippen LogP contribution in [0.3, 0.4) is 0 Å². The number of hydrogen-bond acceptors (Lipinski definition) is 2. The van der Waals surface area contributed by atoms with Crippen LogP contribution in [0, 0.1) is 0 Å². The van der Waals surface area contributed by atoms with E-state index in [1.165, 1.54) is 32.2 Å². The fraction of sp³-hybridized carbons (Fsp3) is 1.00. The van der Waals surface area contributed by atoms with Crippen molar-refractivity contribution < 1.29 is 4.74 Å². The molecule has 1 saturated carbocycles. The quantitative estimate of drug-likeness (QED) is 0.595. The zero-order valence-corrected chi connectivity index (χ0v) is 7.47. The zero-order valence-electron chi connectivity index (χ0n) is 7.47. The number of nitrogens with zero attached hydrogens (tertiary/aromatic N) is 1. The minimum atomic E-state index is 0.269. The van der Waals surface area contributed by atoms with Gasteiger partial charge in [0.25, 0.3) is 0 Å². The van der Waals surface area contributed by atoms with Gasteiger partial charge in [-0.3, -0.25) is 0 Å². The first kappa shape index (κ1) is 7.56. The molecule has 2 rings (SSSR count). The molecule has 2 fully saturated rings. The van der Waals surface area contributed by atoms with Crippen LogP contribution in [-0.2, 0) is 4.74 Å². The van der Waals surface area contributed by atoms with Gasteiger partial charge in [-0.1, -0.05) is 0 Å². The van der Waals surface area contributed by atoms with Crippen molar-refractivity contribution >= 4 is 0 Å². The average Bonchev–Trinajstić information content (AvgIpc) is 2.70. The first-order chi connectivity index (χ1) is 5.28. The van der Waals surface area contributed by atoms with E-state index >= 15 is 0 Å². The minimum Gasteiger partial charge on any atom is -0.377 e. The van der Waals surface area contributed by atoms with Crippen molar-refractivity contribution in [3.05, 3.63) is 0 Å². The summed E-state index contributed by atoms with van der Waals surface area (Å²) in [5.74, 6) is 0. The van der Waals surface area contributed by atoms with Crippen molar-refractivity contribution in [2.75, 3.05) is 20.7 Å². The second-order valence-corrected chi connectivity index (χ2v) is 3.91. The Labute approximate surface area is 68.5 Å². The number of rotatable bonds is 2. The van der Waals surface area contributed by atoms with Gasteiger partial charge in [0.1, 0.15) is 0 Å². The molecule has 2 nitrogen and oxygen atoms in total. The number of methoxy groups -OCH3 is 1. The lowest BCUT2D eigenvalue weighted by molar-refractivity contribution is 0.0177. The number of ether oxygens (including phenoxy) is 1. The van der Waals surface area contributed by atoms with Gasteiger partial charge < -0.3 is 9.64 Å². The summed E-state index contributed by atoms with van der Waals surface area (Å²) in [6, 6.07) is 0.715. The van der Waals surface area contributed by atoms with E-state index in [4.69, 9.17) is 4.74 Å². The van der Waals surface area contributed by atoms with E-state index in [-0.39, 0.29) is 5.60 Å².